The van der Waals surface area contributed by atoms with E-state index in [1.807, 2.05) is 31.3 Å². The molecule has 100 valence electrons. The summed E-state index contributed by atoms with van der Waals surface area (Å²) in [5.41, 5.74) is 1.25. The maximum atomic E-state index is 10.4. The van der Waals surface area contributed by atoms with E-state index in [9.17, 15) is 4.79 Å². The Morgan fingerprint density at radius 3 is 2.56 bits per heavy atom. The number of nitrogens with zero attached hydrogens (tertiary/aromatic N) is 1. The van der Waals surface area contributed by atoms with Gasteiger partial charge < -0.3 is 10.0 Å². The van der Waals surface area contributed by atoms with Crippen molar-refractivity contribution in [1.29, 1.82) is 0 Å². The Bertz CT molecular complexity index is 378. The van der Waals surface area contributed by atoms with Gasteiger partial charge in [-0.25, -0.2) is 0 Å². The number of benzene rings is 1. The molecule has 0 aliphatic rings. The second-order valence-electron chi connectivity index (χ2n) is 4.66. The summed E-state index contributed by atoms with van der Waals surface area (Å²) in [6.07, 6.45) is 1.87. The Hall–Kier alpha value is -1.06. The van der Waals surface area contributed by atoms with Crippen LogP contribution in [0.15, 0.2) is 24.3 Å². The van der Waals surface area contributed by atoms with Gasteiger partial charge in [-0.1, -0.05) is 23.7 Å². The summed E-state index contributed by atoms with van der Waals surface area (Å²) in [6.45, 7) is 2.95. The fourth-order valence-corrected chi connectivity index (χ4v) is 1.94. The topological polar surface area (TPSA) is 40.5 Å². The summed E-state index contributed by atoms with van der Waals surface area (Å²) < 4.78 is 0. The van der Waals surface area contributed by atoms with Crippen LogP contribution in [0.3, 0.4) is 0 Å². The van der Waals surface area contributed by atoms with Crippen molar-refractivity contribution in [3.05, 3.63) is 34.9 Å². The van der Waals surface area contributed by atoms with E-state index >= 15 is 0 Å². The number of hydrogen-bond donors (Lipinski definition) is 1. The van der Waals surface area contributed by atoms with E-state index in [2.05, 4.69) is 11.8 Å². The van der Waals surface area contributed by atoms with E-state index in [-0.39, 0.29) is 6.42 Å². The minimum absolute atomic E-state index is 0.234. The first-order valence-electron chi connectivity index (χ1n) is 6.15. The smallest absolute Gasteiger partial charge is 0.303 e. The van der Waals surface area contributed by atoms with Crippen molar-refractivity contribution in [2.45, 2.75) is 32.2 Å². The monoisotopic (exact) mass is 269 g/mol. The number of carboxylic acid groups (broad SMARTS) is 1. The Kier molecular flexibility index (Phi) is 6.16. The highest BCUT2D eigenvalue weighted by molar-refractivity contribution is 6.30. The average molecular weight is 270 g/mol. The Balaban J connectivity index is 2.37. The molecule has 0 saturated heterocycles. The number of halogens is 1. The van der Waals surface area contributed by atoms with Crippen molar-refractivity contribution in [1.82, 2.24) is 4.90 Å². The Morgan fingerprint density at radius 1 is 1.39 bits per heavy atom. The van der Waals surface area contributed by atoms with E-state index in [1.54, 1.807) is 0 Å². The SMILES string of the molecule is CC(Cc1ccc(Cl)cc1)N(C)CCCC(=O)O. The van der Waals surface area contributed by atoms with Crippen LogP contribution in [0.5, 0.6) is 0 Å². The second kappa shape index (κ2) is 7.39. The number of carbonyl (C=O) groups is 1. The van der Waals surface area contributed by atoms with Crippen LogP contribution in [0.2, 0.25) is 5.02 Å². The highest BCUT2D eigenvalue weighted by Crippen LogP contribution is 2.13. The largest absolute Gasteiger partial charge is 0.481 e. The molecule has 1 aromatic carbocycles. The van der Waals surface area contributed by atoms with Gasteiger partial charge in [0, 0.05) is 17.5 Å². The van der Waals surface area contributed by atoms with Crippen molar-refractivity contribution < 1.29 is 9.90 Å². The fourth-order valence-electron chi connectivity index (χ4n) is 1.82. The molecule has 1 N–H and O–H groups in total. The van der Waals surface area contributed by atoms with Crippen molar-refractivity contribution >= 4 is 17.6 Å². The van der Waals surface area contributed by atoms with Crippen LogP contribution in [0.25, 0.3) is 0 Å². The van der Waals surface area contributed by atoms with Crippen LogP contribution in [-0.4, -0.2) is 35.6 Å². The van der Waals surface area contributed by atoms with Gasteiger partial charge in [-0.05, 0) is 51.1 Å². The highest BCUT2D eigenvalue weighted by Gasteiger charge is 2.10. The highest BCUT2D eigenvalue weighted by atomic mass is 35.5. The van der Waals surface area contributed by atoms with Crippen LogP contribution < -0.4 is 0 Å². The molecule has 0 fully saturated rings. The van der Waals surface area contributed by atoms with Crippen molar-refractivity contribution in [2.24, 2.45) is 0 Å². The molecule has 18 heavy (non-hydrogen) atoms. The summed E-state index contributed by atoms with van der Waals surface area (Å²) in [5.74, 6) is -0.728. The van der Waals surface area contributed by atoms with Gasteiger partial charge >= 0.3 is 5.97 Å². The maximum Gasteiger partial charge on any atom is 0.303 e. The Labute approximate surface area is 113 Å². The number of carboxylic acids is 1. The van der Waals surface area contributed by atoms with Gasteiger partial charge in [-0.15, -0.1) is 0 Å². The molecule has 0 heterocycles. The summed E-state index contributed by atoms with van der Waals surface area (Å²) in [7, 11) is 2.03. The average Bonchev–Trinajstić information content (AvgIpc) is 2.31. The third-order valence-corrected chi connectivity index (χ3v) is 3.35. The summed E-state index contributed by atoms with van der Waals surface area (Å²) in [5, 5.41) is 9.35. The van der Waals surface area contributed by atoms with E-state index in [1.165, 1.54) is 5.56 Å². The van der Waals surface area contributed by atoms with E-state index < -0.39 is 5.97 Å². The first kappa shape index (κ1) is 15.0. The molecule has 0 radical (unpaired) electrons. The van der Waals surface area contributed by atoms with Crippen LogP contribution in [0.1, 0.15) is 25.3 Å². The number of aliphatic carboxylic acids is 1. The quantitative estimate of drug-likeness (QED) is 0.827. The molecule has 0 aromatic heterocycles. The lowest BCUT2D eigenvalue weighted by atomic mass is 10.1. The normalized spacial score (nSPS) is 12.7. The predicted molar refractivity (Wildman–Crippen MR) is 74.1 cm³/mol. The second-order valence-corrected chi connectivity index (χ2v) is 5.09. The molecule has 1 rings (SSSR count). The molecule has 0 bridgehead atoms. The van der Waals surface area contributed by atoms with Crippen LogP contribution in [0.4, 0.5) is 0 Å². The number of hydrogen-bond acceptors (Lipinski definition) is 2. The van der Waals surface area contributed by atoms with Gasteiger partial charge in [0.2, 0.25) is 0 Å². The van der Waals surface area contributed by atoms with Crippen LogP contribution in [0, 0.1) is 0 Å². The molecule has 3 nitrogen and oxygen atoms in total. The molecule has 1 unspecified atom stereocenters. The van der Waals surface area contributed by atoms with Gasteiger partial charge in [0.1, 0.15) is 0 Å². The van der Waals surface area contributed by atoms with Crippen molar-refractivity contribution in [3.63, 3.8) is 0 Å². The summed E-state index contributed by atoms with van der Waals surface area (Å²) in [4.78, 5) is 12.6. The molecule has 0 aliphatic heterocycles. The van der Waals surface area contributed by atoms with Gasteiger partial charge in [0.25, 0.3) is 0 Å². The van der Waals surface area contributed by atoms with E-state index in [4.69, 9.17) is 16.7 Å². The lowest BCUT2D eigenvalue weighted by Gasteiger charge is -2.24. The number of rotatable bonds is 7. The molecule has 1 atom stereocenters. The lowest BCUT2D eigenvalue weighted by molar-refractivity contribution is -0.137. The molecule has 1 aromatic rings. The number of likely N-dealkylation sites (N-methyl/N-ethyl adjacent to an activating group) is 1. The van der Waals surface area contributed by atoms with Crippen LogP contribution in [-0.2, 0) is 11.2 Å². The molecular weight excluding hydrogens is 250 g/mol. The molecule has 0 aliphatic carbocycles. The molecule has 0 saturated carbocycles. The summed E-state index contributed by atoms with van der Waals surface area (Å²) in [6, 6.07) is 8.25. The molecule has 4 heteroatoms. The molecular formula is C14H20ClNO2. The summed E-state index contributed by atoms with van der Waals surface area (Å²) >= 11 is 5.84. The van der Waals surface area contributed by atoms with Gasteiger partial charge in [-0.3, -0.25) is 4.79 Å². The van der Waals surface area contributed by atoms with Crippen molar-refractivity contribution in [2.75, 3.05) is 13.6 Å². The minimum Gasteiger partial charge on any atom is -0.481 e. The molecule has 0 spiro atoms. The third-order valence-electron chi connectivity index (χ3n) is 3.10. The van der Waals surface area contributed by atoms with Crippen LogP contribution >= 0.6 is 11.6 Å². The van der Waals surface area contributed by atoms with Gasteiger partial charge in [-0.2, -0.15) is 0 Å². The van der Waals surface area contributed by atoms with Gasteiger partial charge in [0.05, 0.1) is 0 Å². The third kappa shape index (κ3) is 5.52. The first-order chi connectivity index (χ1) is 8.49. The maximum absolute atomic E-state index is 10.4. The minimum atomic E-state index is -0.728. The zero-order valence-electron chi connectivity index (χ0n) is 10.9. The zero-order chi connectivity index (χ0) is 13.5. The first-order valence-corrected chi connectivity index (χ1v) is 6.53. The fraction of sp³-hybridized carbons (Fsp3) is 0.500. The lowest BCUT2D eigenvalue weighted by Crippen LogP contribution is -2.32. The Morgan fingerprint density at radius 2 is 2.00 bits per heavy atom. The standard InChI is InChI=1S/C14H20ClNO2/c1-11(16(2)9-3-4-14(17)18)10-12-5-7-13(15)8-6-12/h5-8,11H,3-4,9-10H2,1-2H3,(H,17,18). The predicted octanol–water partition coefficient (Wildman–Crippen LogP) is 3.07. The van der Waals surface area contributed by atoms with E-state index in [0.29, 0.717) is 12.5 Å². The van der Waals surface area contributed by atoms with Gasteiger partial charge in [0.15, 0.2) is 0 Å². The zero-order valence-corrected chi connectivity index (χ0v) is 11.7. The molecule has 0 amide bonds. The van der Waals surface area contributed by atoms with E-state index in [0.717, 1.165) is 18.0 Å². The van der Waals surface area contributed by atoms with Crippen molar-refractivity contribution in [3.8, 4) is 0 Å².